The van der Waals surface area contributed by atoms with Crippen LogP contribution in [0.25, 0.3) is 10.9 Å². The number of anilines is 2. The van der Waals surface area contributed by atoms with Gasteiger partial charge in [0.25, 0.3) is 0 Å². The molecule has 1 aromatic heterocycles. The van der Waals surface area contributed by atoms with Crippen molar-refractivity contribution in [1.82, 2.24) is 9.88 Å². The Morgan fingerprint density at radius 3 is 2.44 bits per heavy atom. The number of carbonyl (C=O) groups excluding carboxylic acids is 1. The first-order chi connectivity index (χ1) is 13.2. The highest BCUT2D eigenvalue weighted by Gasteiger charge is 2.24. The van der Waals surface area contributed by atoms with Gasteiger partial charge >= 0.3 is 6.03 Å². The Labute approximate surface area is 157 Å². The molecule has 3 aromatic rings. The molecule has 1 aliphatic rings. The molecular weight excluding hydrogens is 338 g/mol. The molecule has 27 heavy (non-hydrogen) atoms. The second kappa shape index (κ2) is 7.34. The third-order valence-electron chi connectivity index (χ3n) is 4.72. The molecule has 0 bridgehead atoms. The molecule has 0 unspecified atom stereocenters. The van der Waals surface area contributed by atoms with E-state index in [-0.39, 0.29) is 6.03 Å². The molecule has 2 heterocycles. The predicted molar refractivity (Wildman–Crippen MR) is 106 cm³/mol. The fraction of sp³-hybridized carbons (Fsp3) is 0.190. The lowest BCUT2D eigenvalue weighted by Gasteiger charge is -2.35. The standard InChI is InChI=1S/C21H19N5O/c22-15-17-14-16-6-4-5-9-19(16)24-20(17)25-10-12-26(13-11-25)21(27)23-18-7-2-1-3-8-18/h1-9,14H,10-13H2,(H,23,27). The maximum atomic E-state index is 12.4. The van der Waals surface area contributed by atoms with Gasteiger partial charge in [0.15, 0.2) is 0 Å². The summed E-state index contributed by atoms with van der Waals surface area (Å²) in [5, 5.41) is 13.4. The van der Waals surface area contributed by atoms with E-state index in [9.17, 15) is 10.1 Å². The summed E-state index contributed by atoms with van der Waals surface area (Å²) in [7, 11) is 0. The number of urea groups is 1. The van der Waals surface area contributed by atoms with Gasteiger partial charge in [0.1, 0.15) is 11.9 Å². The van der Waals surface area contributed by atoms with E-state index >= 15 is 0 Å². The average Bonchev–Trinajstić information content (AvgIpc) is 2.73. The van der Waals surface area contributed by atoms with E-state index in [0.717, 1.165) is 16.6 Å². The summed E-state index contributed by atoms with van der Waals surface area (Å²) >= 11 is 0. The van der Waals surface area contributed by atoms with Crippen molar-refractivity contribution in [2.75, 3.05) is 36.4 Å². The molecule has 0 spiro atoms. The van der Waals surface area contributed by atoms with Crippen molar-refractivity contribution in [3.05, 3.63) is 66.2 Å². The van der Waals surface area contributed by atoms with E-state index in [1.165, 1.54) is 0 Å². The topological polar surface area (TPSA) is 72.3 Å². The number of rotatable bonds is 2. The third-order valence-corrected chi connectivity index (χ3v) is 4.72. The van der Waals surface area contributed by atoms with Crippen molar-refractivity contribution >= 4 is 28.4 Å². The normalized spacial score (nSPS) is 14.0. The zero-order chi connectivity index (χ0) is 18.6. The number of aromatic nitrogens is 1. The summed E-state index contributed by atoms with van der Waals surface area (Å²) in [4.78, 5) is 21.0. The van der Waals surface area contributed by atoms with Gasteiger partial charge in [-0.1, -0.05) is 36.4 Å². The number of nitrogens with one attached hydrogen (secondary N) is 1. The molecule has 0 aliphatic carbocycles. The summed E-state index contributed by atoms with van der Waals surface area (Å²) in [6.45, 7) is 2.44. The van der Waals surface area contributed by atoms with E-state index in [1.807, 2.05) is 60.7 Å². The quantitative estimate of drug-likeness (QED) is 0.762. The van der Waals surface area contributed by atoms with Gasteiger partial charge in [0.2, 0.25) is 0 Å². The first kappa shape index (κ1) is 16.9. The summed E-state index contributed by atoms with van der Waals surface area (Å²) in [6.07, 6.45) is 0. The van der Waals surface area contributed by atoms with Gasteiger partial charge in [-0.3, -0.25) is 0 Å². The Balaban J connectivity index is 1.47. The molecule has 0 saturated carbocycles. The fourth-order valence-corrected chi connectivity index (χ4v) is 3.27. The lowest BCUT2D eigenvalue weighted by molar-refractivity contribution is 0.208. The monoisotopic (exact) mass is 357 g/mol. The van der Waals surface area contributed by atoms with Gasteiger partial charge in [0, 0.05) is 37.3 Å². The Hall–Kier alpha value is -3.59. The molecular formula is C21H19N5O. The summed E-state index contributed by atoms with van der Waals surface area (Å²) < 4.78 is 0. The van der Waals surface area contributed by atoms with E-state index in [4.69, 9.17) is 4.98 Å². The van der Waals surface area contributed by atoms with Crippen molar-refractivity contribution in [2.45, 2.75) is 0 Å². The van der Waals surface area contributed by atoms with E-state index in [2.05, 4.69) is 16.3 Å². The van der Waals surface area contributed by atoms with Crippen molar-refractivity contribution < 1.29 is 4.79 Å². The molecule has 2 aromatic carbocycles. The third kappa shape index (κ3) is 3.53. The average molecular weight is 357 g/mol. The zero-order valence-electron chi connectivity index (χ0n) is 14.8. The molecule has 0 atom stereocenters. The number of carbonyl (C=O) groups is 1. The number of piperazine rings is 1. The Morgan fingerprint density at radius 2 is 1.70 bits per heavy atom. The van der Waals surface area contributed by atoms with E-state index < -0.39 is 0 Å². The van der Waals surface area contributed by atoms with Crippen LogP contribution in [0.15, 0.2) is 60.7 Å². The molecule has 2 amide bonds. The SMILES string of the molecule is N#Cc1cc2ccccc2nc1N1CCN(C(=O)Nc2ccccc2)CC1. The smallest absolute Gasteiger partial charge is 0.321 e. The molecule has 1 N–H and O–H groups in total. The van der Waals surface area contributed by atoms with Gasteiger partial charge in [0.05, 0.1) is 11.1 Å². The number of hydrogen-bond acceptors (Lipinski definition) is 4. The number of amides is 2. The van der Waals surface area contributed by atoms with Gasteiger partial charge in [-0.05, 0) is 24.3 Å². The van der Waals surface area contributed by atoms with Crippen LogP contribution < -0.4 is 10.2 Å². The minimum Gasteiger partial charge on any atom is -0.352 e. The largest absolute Gasteiger partial charge is 0.352 e. The molecule has 134 valence electrons. The highest BCUT2D eigenvalue weighted by Crippen LogP contribution is 2.24. The summed E-state index contributed by atoms with van der Waals surface area (Å²) in [5.74, 6) is 0.694. The van der Waals surface area contributed by atoms with Crippen LogP contribution in [-0.2, 0) is 0 Å². The molecule has 0 radical (unpaired) electrons. The van der Waals surface area contributed by atoms with Crippen LogP contribution in [0.1, 0.15) is 5.56 Å². The summed E-state index contributed by atoms with van der Waals surface area (Å²) in [5.41, 5.74) is 2.22. The van der Waals surface area contributed by atoms with Crippen LogP contribution in [-0.4, -0.2) is 42.1 Å². The van der Waals surface area contributed by atoms with Crippen LogP contribution in [0.2, 0.25) is 0 Å². The molecule has 6 heteroatoms. The first-order valence-corrected chi connectivity index (χ1v) is 8.90. The van der Waals surface area contributed by atoms with Crippen molar-refractivity contribution in [3.8, 4) is 6.07 Å². The van der Waals surface area contributed by atoms with Crippen LogP contribution in [0.4, 0.5) is 16.3 Å². The lowest BCUT2D eigenvalue weighted by Crippen LogP contribution is -2.50. The van der Waals surface area contributed by atoms with Gasteiger partial charge in [-0.15, -0.1) is 0 Å². The number of para-hydroxylation sites is 2. The maximum Gasteiger partial charge on any atom is 0.321 e. The highest BCUT2D eigenvalue weighted by atomic mass is 16.2. The van der Waals surface area contributed by atoms with Crippen LogP contribution in [0, 0.1) is 11.3 Å². The highest BCUT2D eigenvalue weighted by molar-refractivity contribution is 5.89. The fourth-order valence-electron chi connectivity index (χ4n) is 3.27. The van der Waals surface area contributed by atoms with Crippen molar-refractivity contribution in [3.63, 3.8) is 0 Å². The second-order valence-electron chi connectivity index (χ2n) is 6.43. The molecule has 1 fully saturated rings. The number of benzene rings is 2. The van der Waals surface area contributed by atoms with Crippen molar-refractivity contribution in [1.29, 1.82) is 5.26 Å². The molecule has 6 nitrogen and oxygen atoms in total. The van der Waals surface area contributed by atoms with Gasteiger partial charge < -0.3 is 15.1 Å². The van der Waals surface area contributed by atoms with Crippen LogP contribution in [0.5, 0.6) is 0 Å². The Morgan fingerprint density at radius 1 is 1.00 bits per heavy atom. The second-order valence-corrected chi connectivity index (χ2v) is 6.43. The van der Waals surface area contributed by atoms with Crippen LogP contribution >= 0.6 is 0 Å². The Bertz CT molecular complexity index is 1000. The van der Waals surface area contributed by atoms with Gasteiger partial charge in [-0.2, -0.15) is 5.26 Å². The maximum absolute atomic E-state index is 12.4. The predicted octanol–water partition coefficient (Wildman–Crippen LogP) is 3.46. The van der Waals surface area contributed by atoms with Gasteiger partial charge in [-0.25, -0.2) is 9.78 Å². The Kier molecular flexibility index (Phi) is 4.58. The number of hydrogen-bond donors (Lipinski definition) is 1. The van der Waals surface area contributed by atoms with E-state index in [1.54, 1.807) is 4.90 Å². The minimum atomic E-state index is -0.104. The molecule has 4 rings (SSSR count). The van der Waals surface area contributed by atoms with E-state index in [0.29, 0.717) is 37.6 Å². The molecule has 1 aliphatic heterocycles. The number of fused-ring (bicyclic) bond motifs is 1. The minimum absolute atomic E-state index is 0.104. The number of pyridine rings is 1. The summed E-state index contributed by atoms with van der Waals surface area (Å²) in [6, 6.07) is 21.2. The zero-order valence-corrected chi connectivity index (χ0v) is 14.8. The number of nitriles is 1. The van der Waals surface area contributed by atoms with Crippen molar-refractivity contribution in [2.24, 2.45) is 0 Å². The first-order valence-electron chi connectivity index (χ1n) is 8.90. The van der Waals surface area contributed by atoms with Crippen LogP contribution in [0.3, 0.4) is 0 Å². The lowest BCUT2D eigenvalue weighted by atomic mass is 10.1. The molecule has 1 saturated heterocycles. The number of nitrogens with zero attached hydrogens (tertiary/aromatic N) is 4.